The van der Waals surface area contributed by atoms with Gasteiger partial charge >= 0.3 is 22.8 Å². The largest absolute Gasteiger partial charge is 0.461 e. The van der Waals surface area contributed by atoms with Crippen LogP contribution >= 0.6 is 11.6 Å². The van der Waals surface area contributed by atoms with Crippen molar-refractivity contribution in [3.63, 3.8) is 0 Å². The van der Waals surface area contributed by atoms with Gasteiger partial charge in [-0.05, 0) is 43.4 Å². The summed E-state index contributed by atoms with van der Waals surface area (Å²) in [5.74, 6) is -1.57. The summed E-state index contributed by atoms with van der Waals surface area (Å²) in [4.78, 5) is 72.3. The number of unbranched alkanes of at least 4 members (excludes halogenated alkanes) is 3. The number of nitrogens with zero attached hydrogens (tertiary/aromatic N) is 4. The van der Waals surface area contributed by atoms with Gasteiger partial charge in [0.25, 0.3) is 11.8 Å². The number of carbonyl (C=O) groups excluding carboxylic acids is 4. The summed E-state index contributed by atoms with van der Waals surface area (Å²) < 4.78 is 25.3. The molecule has 0 aliphatic carbocycles. The molecule has 0 aliphatic rings. The number of nitrogens with two attached hydrogens (primary N) is 3. The Hall–Kier alpha value is -6.80. The molecule has 2 aromatic carbocycles. The van der Waals surface area contributed by atoms with Crippen molar-refractivity contribution < 1.29 is 44.3 Å². The molecule has 4 aromatic rings. The molecule has 4 rings (SSSR count). The van der Waals surface area contributed by atoms with E-state index < -0.39 is 34.2 Å². The molecule has 59 heavy (non-hydrogen) atoms. The van der Waals surface area contributed by atoms with Gasteiger partial charge in [-0.25, -0.2) is 14.8 Å². The van der Waals surface area contributed by atoms with Crippen LogP contribution < -0.4 is 27.8 Å². The van der Waals surface area contributed by atoms with E-state index in [0.717, 1.165) is 42.5 Å². The Morgan fingerprint density at radius 2 is 1.17 bits per heavy atom. The fourth-order valence-corrected chi connectivity index (χ4v) is 4.56. The molecule has 2 heterocycles. The lowest BCUT2D eigenvalue weighted by molar-refractivity contribution is -0.384. The molecule has 8 N–H and O–H groups in total. The van der Waals surface area contributed by atoms with Crippen LogP contribution in [0.3, 0.4) is 0 Å². The highest BCUT2D eigenvalue weighted by Crippen LogP contribution is 2.24. The van der Waals surface area contributed by atoms with Crippen LogP contribution in [0.5, 0.6) is 0 Å². The summed E-state index contributed by atoms with van der Waals surface area (Å²) in [6.45, 7) is 2.04. The maximum atomic E-state index is 11.7. The quantitative estimate of drug-likeness (QED) is 0.0218. The minimum atomic E-state index is -1.00. The molecule has 0 aliphatic heterocycles. The zero-order valence-corrected chi connectivity index (χ0v) is 32.7. The topological polar surface area (TPSA) is 301 Å². The summed E-state index contributed by atoms with van der Waals surface area (Å²) in [5, 5.41) is 27.6. The molecule has 0 saturated carbocycles. The van der Waals surface area contributed by atoms with Crippen LogP contribution in [-0.4, -0.2) is 69.8 Å². The Balaban J connectivity index is 0.000000478. The van der Waals surface area contributed by atoms with E-state index in [1.807, 2.05) is 60.7 Å². The number of alkyl halides is 1. The van der Waals surface area contributed by atoms with Crippen LogP contribution in [-0.2, 0) is 27.5 Å². The fraction of sp³-hybridized carbons (Fsp3) is 0.316. The number of aromatic nitrogens is 2. The first-order chi connectivity index (χ1) is 28.7. The normalized spacial score (nSPS) is 9.98. The Morgan fingerprint density at radius 3 is 1.56 bits per heavy atom. The lowest BCUT2D eigenvalue weighted by Gasteiger charge is -2.07. The van der Waals surface area contributed by atoms with E-state index in [1.54, 1.807) is 0 Å². The molecule has 0 saturated heterocycles. The van der Waals surface area contributed by atoms with Crippen molar-refractivity contribution in [2.24, 2.45) is 17.2 Å². The number of benzene rings is 2. The second kappa shape index (κ2) is 29.4. The van der Waals surface area contributed by atoms with Gasteiger partial charge in [0.05, 0.1) is 29.5 Å². The van der Waals surface area contributed by atoms with Crippen molar-refractivity contribution in [1.82, 2.24) is 9.97 Å². The molecule has 2 aromatic heterocycles. The van der Waals surface area contributed by atoms with Crippen molar-refractivity contribution in [3.05, 3.63) is 128 Å². The van der Waals surface area contributed by atoms with E-state index in [9.17, 15) is 43.8 Å². The van der Waals surface area contributed by atoms with E-state index in [2.05, 4.69) is 25.3 Å². The van der Waals surface area contributed by atoms with Gasteiger partial charge in [0, 0.05) is 55.6 Å². The highest BCUT2D eigenvalue weighted by atomic mass is 35.5. The minimum Gasteiger partial charge on any atom is -0.461 e. The van der Waals surface area contributed by atoms with E-state index in [0.29, 0.717) is 38.9 Å². The number of carbonyl (C=O) groups is 4. The van der Waals surface area contributed by atoms with E-state index in [1.165, 1.54) is 12.4 Å². The summed E-state index contributed by atoms with van der Waals surface area (Å²) in [5.41, 5.74) is 16.0. The van der Waals surface area contributed by atoms with Crippen molar-refractivity contribution in [3.8, 4) is 0 Å². The van der Waals surface area contributed by atoms with Gasteiger partial charge in [0.15, 0.2) is 0 Å². The molecule has 0 unspecified atom stereocenters. The molecule has 0 atom stereocenters. The molecule has 0 fully saturated rings. The number of pyridine rings is 2. The van der Waals surface area contributed by atoms with Gasteiger partial charge in [-0.2, -0.15) is 0 Å². The van der Waals surface area contributed by atoms with Crippen LogP contribution in [0.15, 0.2) is 85.2 Å². The number of primary amides is 2. The summed E-state index contributed by atoms with van der Waals surface area (Å²) in [6, 6.07) is 21.0. The first-order valence-electron chi connectivity index (χ1n) is 18.4. The molecule has 0 spiro atoms. The number of nitro groups is 2. The van der Waals surface area contributed by atoms with Crippen LogP contribution in [0.4, 0.5) is 32.2 Å². The highest BCUT2D eigenvalue weighted by molar-refractivity contribution is 6.61. The van der Waals surface area contributed by atoms with E-state index >= 15 is 0 Å². The van der Waals surface area contributed by atoms with Crippen molar-refractivity contribution >= 4 is 57.8 Å². The first-order valence-corrected chi connectivity index (χ1v) is 18.1. The Kier molecular flexibility index (Phi) is 24.1. The van der Waals surface area contributed by atoms with Crippen LogP contribution in [0, 0.1) is 20.2 Å². The number of hydrogen-bond acceptors (Lipinski definition) is 15. The van der Waals surface area contributed by atoms with Crippen molar-refractivity contribution in [2.75, 3.05) is 37.4 Å². The Bertz CT molecular complexity index is 1960. The standard InChI is InChI=1S/C19H22N4O5.C10H15N5O3.C8H7ClO2.CH3F/c20-18(25)15-11-16(23(26)27)19(22-12-15)21-10-6-2-5-9-17(24)28-13-14-7-3-1-4-8-14;11-3-1-2-4-13-10-8(15(17)18)5-7(6-14-10)9(12)16;9-8(10)11-6-7-4-2-1-3-5-7;1-2/h1,3-4,7-8,11-12H,2,5-6,9-10,13H2,(H2,20,25)(H,21,22);5-6H,1-4,11H2,(H2,12,16)(H,13,14);1-5H,6H2;1H3/i;;;1D. The minimum absolute atomic E-state index is 0.00853. The van der Waals surface area contributed by atoms with Crippen LogP contribution in [0.2, 0.25) is 0 Å². The molecule has 0 bridgehead atoms. The number of anilines is 2. The number of ether oxygens (including phenoxy) is 2. The third-order valence-corrected chi connectivity index (χ3v) is 7.52. The highest BCUT2D eigenvalue weighted by Gasteiger charge is 2.19. The van der Waals surface area contributed by atoms with Crippen molar-refractivity contribution in [1.29, 1.82) is 0 Å². The molecular formula is C38H47ClFN9O10. The summed E-state index contributed by atoms with van der Waals surface area (Å²) in [7, 11) is -1.00. The number of rotatable bonds is 20. The maximum absolute atomic E-state index is 11.7. The molecule has 2 amide bonds. The monoisotopic (exact) mass is 844 g/mol. The van der Waals surface area contributed by atoms with Gasteiger partial charge in [-0.3, -0.25) is 39.0 Å². The second-order valence-electron chi connectivity index (χ2n) is 11.7. The van der Waals surface area contributed by atoms with E-state index in [4.69, 9.17) is 34.9 Å². The Morgan fingerprint density at radius 1 is 0.746 bits per heavy atom. The average Bonchev–Trinajstić information content (AvgIpc) is 3.23. The number of hydrogen-bond donors (Lipinski definition) is 5. The zero-order chi connectivity index (χ0) is 44.7. The number of amides is 2. The second-order valence-corrected chi connectivity index (χ2v) is 12.1. The lowest BCUT2D eigenvalue weighted by atomic mass is 10.2. The third kappa shape index (κ3) is 21.3. The molecule has 19 nitrogen and oxygen atoms in total. The van der Waals surface area contributed by atoms with Gasteiger partial charge in [0.2, 0.25) is 11.6 Å². The number of esters is 1. The maximum Gasteiger partial charge on any atom is 0.404 e. The van der Waals surface area contributed by atoms with Gasteiger partial charge < -0.3 is 37.3 Å². The zero-order valence-electron chi connectivity index (χ0n) is 32.9. The summed E-state index contributed by atoms with van der Waals surface area (Å²) in [6.07, 6.45) is 6.43. The molecular weight excluding hydrogens is 797 g/mol. The molecule has 318 valence electrons. The lowest BCUT2D eigenvalue weighted by Crippen LogP contribution is -2.13. The van der Waals surface area contributed by atoms with Gasteiger partial charge in [-0.15, -0.1) is 0 Å². The van der Waals surface area contributed by atoms with Gasteiger partial charge in [0.1, 0.15) is 13.2 Å². The van der Waals surface area contributed by atoms with Crippen LogP contribution in [0.1, 0.15) is 71.7 Å². The van der Waals surface area contributed by atoms with E-state index in [-0.39, 0.29) is 53.3 Å². The molecule has 0 radical (unpaired) electrons. The third-order valence-electron chi connectivity index (χ3n) is 7.41. The Labute approximate surface area is 345 Å². The predicted molar refractivity (Wildman–Crippen MR) is 218 cm³/mol. The summed E-state index contributed by atoms with van der Waals surface area (Å²) >= 11 is 4.97. The van der Waals surface area contributed by atoms with Crippen LogP contribution in [0.25, 0.3) is 0 Å². The number of halogens is 2. The van der Waals surface area contributed by atoms with Crippen molar-refractivity contribution in [2.45, 2.75) is 51.7 Å². The number of nitrogens with one attached hydrogen (secondary N) is 2. The molecule has 21 heteroatoms. The smallest absolute Gasteiger partial charge is 0.404 e. The first kappa shape index (κ1) is 48.3. The fourth-order valence-electron chi connectivity index (χ4n) is 4.51. The SMILES string of the molecule is NC(=O)c1cnc(NCCCCCC(=O)OCc2ccccc2)c([N+](=O)[O-])c1.NCCCCNc1ncc(C(N)=O)cc1[N+](=O)[O-].O=C(Cl)OCc1ccccc1.[2H]CF. The predicted octanol–water partition coefficient (Wildman–Crippen LogP) is 6.19. The van der Waals surface area contributed by atoms with Gasteiger partial charge in [-0.1, -0.05) is 67.1 Å². The average molecular weight is 845 g/mol.